The molecular weight excluding hydrogens is 226 g/mol. The van der Waals surface area contributed by atoms with E-state index >= 15 is 0 Å². The molecule has 1 amide bonds. The Morgan fingerprint density at radius 1 is 1.33 bits per heavy atom. The Bertz CT molecular complexity index is 445. The van der Waals surface area contributed by atoms with Crippen LogP contribution < -0.4 is 16.4 Å². The fourth-order valence-corrected chi connectivity index (χ4v) is 2.55. The average Bonchev–Trinajstić information content (AvgIpc) is 2.54. The molecule has 4 heteroatoms. The molecule has 1 atom stereocenters. The molecular formula is C14H21N3O. The van der Waals surface area contributed by atoms with Gasteiger partial charge >= 0.3 is 0 Å². The first-order valence-corrected chi connectivity index (χ1v) is 6.53. The number of para-hydroxylation sites is 1. The third kappa shape index (κ3) is 2.58. The fraction of sp³-hybridized carbons (Fsp3) is 0.500. The molecule has 0 radical (unpaired) electrons. The highest BCUT2D eigenvalue weighted by Gasteiger charge is 2.18. The summed E-state index contributed by atoms with van der Waals surface area (Å²) in [5.41, 5.74) is 13.3. The predicted molar refractivity (Wildman–Crippen MR) is 74.6 cm³/mol. The van der Waals surface area contributed by atoms with Crippen molar-refractivity contribution >= 4 is 17.3 Å². The standard InChI is InChI=1S/C14H21N3O/c1-10-4-3-8-17(9-7-10)12-6-2-5-11(13(12)15)14(16)18/h2,5-6,10H,3-4,7-9,15H2,1H3,(H2,16,18). The third-order valence-electron chi connectivity index (χ3n) is 3.71. The van der Waals surface area contributed by atoms with Crippen molar-refractivity contribution in [3.63, 3.8) is 0 Å². The molecule has 0 aliphatic carbocycles. The zero-order valence-electron chi connectivity index (χ0n) is 10.9. The molecule has 4 N–H and O–H groups in total. The van der Waals surface area contributed by atoms with Crippen LogP contribution in [0.3, 0.4) is 0 Å². The van der Waals surface area contributed by atoms with Gasteiger partial charge in [0.05, 0.1) is 16.9 Å². The maximum atomic E-state index is 11.3. The van der Waals surface area contributed by atoms with Crippen LogP contribution in [0.4, 0.5) is 11.4 Å². The molecule has 98 valence electrons. The van der Waals surface area contributed by atoms with E-state index in [0.717, 1.165) is 24.7 Å². The minimum atomic E-state index is -0.461. The van der Waals surface area contributed by atoms with Gasteiger partial charge in [0.2, 0.25) is 0 Å². The summed E-state index contributed by atoms with van der Waals surface area (Å²) in [6, 6.07) is 5.50. The molecule has 1 aliphatic heterocycles. The second-order valence-electron chi connectivity index (χ2n) is 5.13. The van der Waals surface area contributed by atoms with Crippen LogP contribution in [0.15, 0.2) is 18.2 Å². The van der Waals surface area contributed by atoms with E-state index in [1.54, 1.807) is 6.07 Å². The van der Waals surface area contributed by atoms with Gasteiger partial charge in [-0.2, -0.15) is 0 Å². The van der Waals surface area contributed by atoms with Crippen molar-refractivity contribution in [3.8, 4) is 0 Å². The summed E-state index contributed by atoms with van der Waals surface area (Å²) in [4.78, 5) is 13.6. The Morgan fingerprint density at radius 3 is 2.83 bits per heavy atom. The van der Waals surface area contributed by atoms with E-state index in [2.05, 4.69) is 11.8 Å². The quantitative estimate of drug-likeness (QED) is 0.785. The lowest BCUT2D eigenvalue weighted by Crippen LogP contribution is -2.26. The Kier molecular flexibility index (Phi) is 3.75. The van der Waals surface area contributed by atoms with E-state index in [1.807, 2.05) is 12.1 Å². The molecule has 1 heterocycles. The Morgan fingerprint density at radius 2 is 2.11 bits per heavy atom. The van der Waals surface area contributed by atoms with Gasteiger partial charge in [0.15, 0.2) is 0 Å². The highest BCUT2D eigenvalue weighted by Crippen LogP contribution is 2.29. The lowest BCUT2D eigenvalue weighted by molar-refractivity contribution is 0.100. The zero-order chi connectivity index (χ0) is 13.1. The lowest BCUT2D eigenvalue weighted by Gasteiger charge is -2.25. The summed E-state index contributed by atoms with van der Waals surface area (Å²) in [7, 11) is 0. The van der Waals surface area contributed by atoms with E-state index in [0.29, 0.717) is 11.3 Å². The number of amides is 1. The van der Waals surface area contributed by atoms with Gasteiger partial charge in [-0.1, -0.05) is 13.0 Å². The molecule has 0 saturated carbocycles. The van der Waals surface area contributed by atoms with Crippen LogP contribution in [0.5, 0.6) is 0 Å². The van der Waals surface area contributed by atoms with Gasteiger partial charge in [-0.15, -0.1) is 0 Å². The van der Waals surface area contributed by atoms with Gasteiger partial charge in [0.25, 0.3) is 5.91 Å². The summed E-state index contributed by atoms with van der Waals surface area (Å²) < 4.78 is 0. The number of carbonyl (C=O) groups excluding carboxylic acids is 1. The van der Waals surface area contributed by atoms with Gasteiger partial charge in [0, 0.05) is 13.1 Å². The molecule has 18 heavy (non-hydrogen) atoms. The van der Waals surface area contributed by atoms with Crippen molar-refractivity contribution in [1.82, 2.24) is 0 Å². The number of carbonyl (C=O) groups is 1. The van der Waals surface area contributed by atoms with E-state index in [4.69, 9.17) is 11.5 Å². The van der Waals surface area contributed by atoms with E-state index in [-0.39, 0.29) is 0 Å². The van der Waals surface area contributed by atoms with Crippen LogP contribution >= 0.6 is 0 Å². The van der Waals surface area contributed by atoms with Crippen LogP contribution in [0, 0.1) is 5.92 Å². The summed E-state index contributed by atoms with van der Waals surface area (Å²) in [5, 5.41) is 0. The summed E-state index contributed by atoms with van der Waals surface area (Å²) in [6.07, 6.45) is 3.59. The Labute approximate surface area is 108 Å². The highest BCUT2D eigenvalue weighted by atomic mass is 16.1. The minimum absolute atomic E-state index is 0.421. The number of nitrogens with two attached hydrogens (primary N) is 2. The van der Waals surface area contributed by atoms with E-state index in [1.165, 1.54) is 19.3 Å². The number of hydrogen-bond donors (Lipinski definition) is 2. The second-order valence-corrected chi connectivity index (χ2v) is 5.13. The van der Waals surface area contributed by atoms with Gasteiger partial charge in [-0.05, 0) is 37.3 Å². The van der Waals surface area contributed by atoms with Crippen molar-refractivity contribution in [2.45, 2.75) is 26.2 Å². The maximum absolute atomic E-state index is 11.3. The fourth-order valence-electron chi connectivity index (χ4n) is 2.55. The van der Waals surface area contributed by atoms with Gasteiger partial charge in [-0.3, -0.25) is 4.79 Å². The Hall–Kier alpha value is -1.71. The molecule has 0 aromatic heterocycles. The van der Waals surface area contributed by atoms with Crippen LogP contribution in [-0.4, -0.2) is 19.0 Å². The van der Waals surface area contributed by atoms with E-state index in [9.17, 15) is 4.79 Å². The lowest BCUT2D eigenvalue weighted by atomic mass is 10.0. The number of nitrogen functional groups attached to an aromatic ring is 1. The van der Waals surface area contributed by atoms with Crippen LogP contribution in [-0.2, 0) is 0 Å². The summed E-state index contributed by atoms with van der Waals surface area (Å²) in [5.74, 6) is 0.299. The van der Waals surface area contributed by atoms with Crippen LogP contribution in [0.2, 0.25) is 0 Å². The first-order valence-electron chi connectivity index (χ1n) is 6.53. The SMILES string of the molecule is CC1CCCN(c2cccc(C(N)=O)c2N)CC1. The van der Waals surface area contributed by atoms with Crippen molar-refractivity contribution in [2.24, 2.45) is 11.7 Å². The molecule has 1 fully saturated rings. The zero-order valence-corrected chi connectivity index (χ0v) is 10.9. The van der Waals surface area contributed by atoms with Gasteiger partial charge in [0.1, 0.15) is 0 Å². The highest BCUT2D eigenvalue weighted by molar-refractivity contribution is 6.00. The monoisotopic (exact) mass is 247 g/mol. The molecule has 1 aromatic rings. The average molecular weight is 247 g/mol. The third-order valence-corrected chi connectivity index (χ3v) is 3.71. The molecule has 0 spiro atoms. The number of benzene rings is 1. The van der Waals surface area contributed by atoms with Crippen LogP contribution in [0.1, 0.15) is 36.5 Å². The topological polar surface area (TPSA) is 72.3 Å². The minimum Gasteiger partial charge on any atom is -0.396 e. The predicted octanol–water partition coefficient (Wildman–Crippen LogP) is 1.99. The van der Waals surface area contributed by atoms with E-state index < -0.39 is 5.91 Å². The van der Waals surface area contributed by atoms with Crippen molar-refractivity contribution in [3.05, 3.63) is 23.8 Å². The smallest absolute Gasteiger partial charge is 0.250 e. The molecule has 0 bridgehead atoms. The first-order chi connectivity index (χ1) is 8.59. The number of primary amides is 1. The summed E-state index contributed by atoms with van der Waals surface area (Å²) in [6.45, 7) is 4.27. The maximum Gasteiger partial charge on any atom is 0.250 e. The van der Waals surface area contributed by atoms with Crippen molar-refractivity contribution < 1.29 is 4.79 Å². The molecule has 1 aromatic carbocycles. The number of hydrogen-bond acceptors (Lipinski definition) is 3. The molecule has 1 aliphatic rings. The molecule has 2 rings (SSSR count). The molecule has 1 saturated heterocycles. The molecule has 1 unspecified atom stereocenters. The van der Waals surface area contributed by atoms with Gasteiger partial charge in [-0.25, -0.2) is 0 Å². The van der Waals surface area contributed by atoms with Crippen molar-refractivity contribution in [2.75, 3.05) is 23.7 Å². The number of anilines is 2. The number of rotatable bonds is 2. The first kappa shape index (κ1) is 12.7. The normalized spacial score (nSPS) is 20.5. The largest absolute Gasteiger partial charge is 0.396 e. The Balaban J connectivity index is 2.27. The van der Waals surface area contributed by atoms with Crippen LogP contribution in [0.25, 0.3) is 0 Å². The number of nitrogens with zero attached hydrogens (tertiary/aromatic N) is 1. The second kappa shape index (κ2) is 5.29. The molecule has 4 nitrogen and oxygen atoms in total. The van der Waals surface area contributed by atoms with Gasteiger partial charge < -0.3 is 16.4 Å². The van der Waals surface area contributed by atoms with Crippen molar-refractivity contribution in [1.29, 1.82) is 0 Å². The summed E-state index contributed by atoms with van der Waals surface area (Å²) >= 11 is 0.